The highest BCUT2D eigenvalue weighted by atomic mass is 14.9. The summed E-state index contributed by atoms with van der Waals surface area (Å²) in [5.74, 6) is 0. The van der Waals surface area contributed by atoms with Crippen LogP contribution in [0.4, 0.5) is 0 Å². The van der Waals surface area contributed by atoms with Crippen LogP contribution in [0.1, 0.15) is 37.4 Å². The number of nitrogens with one attached hydrogen (secondary N) is 1. The van der Waals surface area contributed by atoms with Crippen molar-refractivity contribution in [2.45, 2.75) is 39.4 Å². The molecule has 0 aliphatic heterocycles. The second kappa shape index (κ2) is 6.36. The van der Waals surface area contributed by atoms with E-state index in [2.05, 4.69) is 59.3 Å². The molecule has 0 radical (unpaired) electrons. The third kappa shape index (κ3) is 3.44. The quantitative estimate of drug-likeness (QED) is 0.844. The van der Waals surface area contributed by atoms with Crippen molar-refractivity contribution < 1.29 is 0 Å². The number of hydrogen-bond donors (Lipinski definition) is 1. The van der Waals surface area contributed by atoms with E-state index in [1.165, 1.54) is 17.5 Å². The van der Waals surface area contributed by atoms with Crippen LogP contribution in [-0.4, -0.2) is 9.55 Å². The van der Waals surface area contributed by atoms with Gasteiger partial charge in [0.15, 0.2) is 0 Å². The van der Waals surface area contributed by atoms with Crippen molar-refractivity contribution in [1.82, 2.24) is 14.9 Å². The van der Waals surface area contributed by atoms with E-state index in [4.69, 9.17) is 0 Å². The van der Waals surface area contributed by atoms with Crippen LogP contribution < -0.4 is 5.32 Å². The minimum absolute atomic E-state index is 0.350. The summed E-state index contributed by atoms with van der Waals surface area (Å²) in [6.45, 7) is 6.38. The molecule has 2 heterocycles. The highest BCUT2D eigenvalue weighted by Gasteiger charge is 2.04. The van der Waals surface area contributed by atoms with E-state index in [1.54, 1.807) is 0 Å². The molecule has 1 atom stereocenters. The Morgan fingerprint density at radius 1 is 1.28 bits per heavy atom. The first-order chi connectivity index (χ1) is 8.79. The molecule has 3 heteroatoms. The molecule has 0 aliphatic rings. The lowest BCUT2D eigenvalue weighted by Crippen LogP contribution is -2.17. The zero-order valence-electron chi connectivity index (χ0n) is 11.1. The molecule has 0 fully saturated rings. The van der Waals surface area contributed by atoms with Crippen LogP contribution in [0.3, 0.4) is 0 Å². The average molecular weight is 243 g/mol. The van der Waals surface area contributed by atoms with Gasteiger partial charge in [0, 0.05) is 43.9 Å². The normalized spacial score (nSPS) is 12.6. The molecule has 0 amide bonds. The molecule has 0 aliphatic carbocycles. The lowest BCUT2D eigenvalue weighted by atomic mass is 10.1. The molecule has 0 bridgehead atoms. The molecule has 3 nitrogen and oxygen atoms in total. The second-order valence-electron chi connectivity index (χ2n) is 4.64. The van der Waals surface area contributed by atoms with Crippen molar-refractivity contribution in [3.8, 4) is 0 Å². The third-order valence-corrected chi connectivity index (χ3v) is 3.11. The zero-order valence-corrected chi connectivity index (χ0v) is 11.1. The summed E-state index contributed by atoms with van der Waals surface area (Å²) in [5.41, 5.74) is 2.61. The van der Waals surface area contributed by atoms with E-state index in [9.17, 15) is 0 Å². The molecule has 0 unspecified atom stereocenters. The Bertz CT molecular complexity index is 462. The number of nitrogens with zero attached hydrogens (tertiary/aromatic N) is 2. The van der Waals surface area contributed by atoms with Crippen molar-refractivity contribution in [2.75, 3.05) is 0 Å². The first kappa shape index (κ1) is 12.8. The van der Waals surface area contributed by atoms with Gasteiger partial charge in [0.1, 0.15) is 0 Å². The molecule has 0 spiro atoms. The third-order valence-electron chi connectivity index (χ3n) is 3.11. The smallest absolute Gasteiger partial charge is 0.0296 e. The SMILES string of the molecule is CCCn1ccc(CN[C@@H](C)c2ccncc2)c1. The maximum Gasteiger partial charge on any atom is 0.0296 e. The fraction of sp³-hybridized carbons (Fsp3) is 0.400. The maximum absolute atomic E-state index is 4.04. The molecule has 0 aromatic carbocycles. The van der Waals surface area contributed by atoms with E-state index < -0.39 is 0 Å². The van der Waals surface area contributed by atoms with E-state index in [-0.39, 0.29) is 0 Å². The minimum atomic E-state index is 0.350. The van der Waals surface area contributed by atoms with Crippen molar-refractivity contribution >= 4 is 0 Å². The topological polar surface area (TPSA) is 29.9 Å². The largest absolute Gasteiger partial charge is 0.354 e. The van der Waals surface area contributed by atoms with Gasteiger partial charge in [-0.25, -0.2) is 0 Å². The Morgan fingerprint density at radius 2 is 2.06 bits per heavy atom. The van der Waals surface area contributed by atoms with Gasteiger partial charge in [-0.2, -0.15) is 0 Å². The number of aryl methyl sites for hydroxylation is 1. The van der Waals surface area contributed by atoms with Crippen LogP contribution in [0.2, 0.25) is 0 Å². The molecule has 0 saturated heterocycles. The van der Waals surface area contributed by atoms with Gasteiger partial charge in [0.25, 0.3) is 0 Å². The lowest BCUT2D eigenvalue weighted by molar-refractivity contribution is 0.572. The predicted molar refractivity (Wildman–Crippen MR) is 74.2 cm³/mol. The number of rotatable bonds is 6. The van der Waals surface area contributed by atoms with Crippen LogP contribution in [0.25, 0.3) is 0 Å². The van der Waals surface area contributed by atoms with Gasteiger partial charge in [-0.1, -0.05) is 6.92 Å². The zero-order chi connectivity index (χ0) is 12.8. The van der Waals surface area contributed by atoms with Crippen molar-refractivity contribution in [3.05, 3.63) is 54.1 Å². The van der Waals surface area contributed by atoms with E-state index in [0.29, 0.717) is 6.04 Å². The standard InChI is InChI=1S/C15H21N3/c1-3-9-18-10-6-14(12-18)11-17-13(2)15-4-7-16-8-5-15/h4-8,10,12-13,17H,3,9,11H2,1-2H3/t13-/m0/s1. The highest BCUT2D eigenvalue weighted by molar-refractivity contribution is 5.15. The predicted octanol–water partition coefficient (Wildman–Crippen LogP) is 3.14. The van der Waals surface area contributed by atoms with Crippen LogP contribution in [-0.2, 0) is 13.1 Å². The summed E-state index contributed by atoms with van der Waals surface area (Å²) in [7, 11) is 0. The van der Waals surface area contributed by atoms with Crippen LogP contribution in [0.15, 0.2) is 43.0 Å². The molecule has 1 N–H and O–H groups in total. The first-order valence-electron chi connectivity index (χ1n) is 6.57. The Hall–Kier alpha value is -1.61. The van der Waals surface area contributed by atoms with Gasteiger partial charge in [-0.3, -0.25) is 4.98 Å². The second-order valence-corrected chi connectivity index (χ2v) is 4.64. The Morgan fingerprint density at radius 3 is 2.78 bits per heavy atom. The molecular formula is C15H21N3. The van der Waals surface area contributed by atoms with Crippen molar-refractivity contribution in [3.63, 3.8) is 0 Å². The molecule has 2 aromatic rings. The van der Waals surface area contributed by atoms with E-state index >= 15 is 0 Å². The lowest BCUT2D eigenvalue weighted by Gasteiger charge is -2.13. The monoisotopic (exact) mass is 243 g/mol. The van der Waals surface area contributed by atoms with Crippen LogP contribution in [0.5, 0.6) is 0 Å². The van der Waals surface area contributed by atoms with Crippen molar-refractivity contribution in [2.24, 2.45) is 0 Å². The fourth-order valence-electron chi connectivity index (χ4n) is 2.03. The molecule has 96 valence electrons. The van der Waals surface area contributed by atoms with Gasteiger partial charge >= 0.3 is 0 Å². The summed E-state index contributed by atoms with van der Waals surface area (Å²) in [6, 6.07) is 6.64. The van der Waals surface area contributed by atoms with E-state index in [0.717, 1.165) is 13.1 Å². The summed E-state index contributed by atoms with van der Waals surface area (Å²) in [6.07, 6.45) is 9.22. The number of pyridine rings is 1. The Labute approximate surface area is 109 Å². The van der Waals surface area contributed by atoms with Gasteiger partial charge in [0.05, 0.1) is 0 Å². The van der Waals surface area contributed by atoms with Crippen LogP contribution >= 0.6 is 0 Å². The first-order valence-corrected chi connectivity index (χ1v) is 6.57. The molecule has 18 heavy (non-hydrogen) atoms. The van der Waals surface area contributed by atoms with Gasteiger partial charge in [-0.05, 0) is 42.7 Å². The summed E-state index contributed by atoms with van der Waals surface area (Å²) < 4.78 is 2.24. The molecule has 0 saturated carbocycles. The molecule has 2 aromatic heterocycles. The summed E-state index contributed by atoms with van der Waals surface area (Å²) in [4.78, 5) is 4.04. The molecule has 2 rings (SSSR count). The van der Waals surface area contributed by atoms with Crippen molar-refractivity contribution in [1.29, 1.82) is 0 Å². The Balaban J connectivity index is 1.87. The average Bonchev–Trinajstić information content (AvgIpc) is 2.85. The van der Waals surface area contributed by atoms with E-state index in [1.807, 2.05) is 12.4 Å². The number of aromatic nitrogens is 2. The summed E-state index contributed by atoms with van der Waals surface area (Å²) in [5, 5.41) is 3.53. The minimum Gasteiger partial charge on any atom is -0.354 e. The number of hydrogen-bond acceptors (Lipinski definition) is 2. The van der Waals surface area contributed by atoms with Gasteiger partial charge in [-0.15, -0.1) is 0 Å². The Kier molecular flexibility index (Phi) is 4.53. The van der Waals surface area contributed by atoms with Gasteiger partial charge in [0.2, 0.25) is 0 Å². The molecular weight excluding hydrogens is 222 g/mol. The highest BCUT2D eigenvalue weighted by Crippen LogP contribution is 2.11. The maximum atomic E-state index is 4.04. The summed E-state index contributed by atoms with van der Waals surface area (Å²) >= 11 is 0. The van der Waals surface area contributed by atoms with Crippen LogP contribution in [0, 0.1) is 0 Å². The fourth-order valence-corrected chi connectivity index (χ4v) is 2.03. The van der Waals surface area contributed by atoms with Gasteiger partial charge < -0.3 is 9.88 Å².